The van der Waals surface area contributed by atoms with E-state index in [-0.39, 0.29) is 12.0 Å². The van der Waals surface area contributed by atoms with Gasteiger partial charge in [0.1, 0.15) is 5.75 Å². The van der Waals surface area contributed by atoms with Crippen molar-refractivity contribution in [3.05, 3.63) is 64.1 Å². The lowest BCUT2D eigenvalue weighted by Gasteiger charge is -2.47. The van der Waals surface area contributed by atoms with Gasteiger partial charge in [0.15, 0.2) is 0 Å². The molecule has 0 aromatic heterocycles. The Morgan fingerprint density at radius 2 is 1.96 bits per heavy atom. The number of ether oxygens (including phenoxy) is 1. The van der Waals surface area contributed by atoms with Crippen LogP contribution in [0.25, 0.3) is 6.08 Å². The number of hydrogen-bond donors (Lipinski definition) is 1. The number of benzene rings is 2. The van der Waals surface area contributed by atoms with E-state index in [9.17, 15) is 5.11 Å². The summed E-state index contributed by atoms with van der Waals surface area (Å²) in [4.78, 5) is 2.18. The zero-order valence-electron chi connectivity index (χ0n) is 13.8. The molecule has 0 radical (unpaired) electrons. The summed E-state index contributed by atoms with van der Waals surface area (Å²) < 4.78 is 7.64. The summed E-state index contributed by atoms with van der Waals surface area (Å²) in [6, 6.07) is 14.4. The Kier molecular flexibility index (Phi) is 3.52. The second-order valence-corrected chi connectivity index (χ2v) is 7.75. The molecule has 1 atom stereocenters. The molecule has 2 aromatic carbocycles. The van der Waals surface area contributed by atoms with Crippen LogP contribution in [0.4, 0.5) is 5.69 Å². The molecule has 0 saturated carbocycles. The highest BCUT2D eigenvalue weighted by Gasteiger charge is 2.58. The monoisotopic (exact) mass is 385 g/mol. The van der Waals surface area contributed by atoms with Crippen molar-refractivity contribution in [1.82, 2.24) is 0 Å². The van der Waals surface area contributed by atoms with Crippen molar-refractivity contribution < 1.29 is 9.84 Å². The minimum absolute atomic E-state index is 0.0799. The lowest BCUT2D eigenvalue weighted by molar-refractivity contribution is 0.0504. The van der Waals surface area contributed by atoms with E-state index in [1.165, 1.54) is 5.56 Å². The molecule has 2 aliphatic heterocycles. The number of β-amino-alcohol motifs (C(OH)–C–C–N with tert-alkyl or cyclic N) is 1. The quantitative estimate of drug-likeness (QED) is 0.834. The predicted molar refractivity (Wildman–Crippen MR) is 100 cm³/mol. The Morgan fingerprint density at radius 1 is 1.17 bits per heavy atom. The summed E-state index contributed by atoms with van der Waals surface area (Å²) >= 11 is 3.51. The molecule has 4 heteroatoms. The fourth-order valence-electron chi connectivity index (χ4n) is 3.96. The first kappa shape index (κ1) is 15.7. The van der Waals surface area contributed by atoms with E-state index in [0.29, 0.717) is 6.54 Å². The van der Waals surface area contributed by atoms with E-state index in [4.69, 9.17) is 4.74 Å². The van der Waals surface area contributed by atoms with Crippen molar-refractivity contribution in [2.45, 2.75) is 25.0 Å². The number of anilines is 1. The highest BCUT2D eigenvalue weighted by atomic mass is 79.9. The topological polar surface area (TPSA) is 32.7 Å². The van der Waals surface area contributed by atoms with Crippen molar-refractivity contribution in [2.75, 3.05) is 18.1 Å². The maximum Gasteiger partial charge on any atom is 0.212 e. The van der Waals surface area contributed by atoms with E-state index in [1.54, 1.807) is 0 Å². The van der Waals surface area contributed by atoms with Gasteiger partial charge in [0.2, 0.25) is 5.72 Å². The number of fused-ring (bicyclic) bond motifs is 2. The van der Waals surface area contributed by atoms with Gasteiger partial charge in [-0.25, -0.2) is 0 Å². The lowest BCUT2D eigenvalue weighted by atomic mass is 9.76. The number of aliphatic hydroxyl groups is 1. The SMILES string of the molecule is CC1(C)c2ccccc2N(CCO)[C@@]12C=Cc1cc(Br)ccc1O2. The third kappa shape index (κ3) is 1.99. The first-order valence-corrected chi connectivity index (χ1v) is 8.95. The van der Waals surface area contributed by atoms with Crippen LogP contribution in [0, 0.1) is 0 Å². The van der Waals surface area contributed by atoms with Crippen molar-refractivity contribution in [3.8, 4) is 5.75 Å². The maximum absolute atomic E-state index is 9.64. The van der Waals surface area contributed by atoms with Gasteiger partial charge in [0.05, 0.1) is 12.0 Å². The van der Waals surface area contributed by atoms with Crippen LogP contribution in [-0.4, -0.2) is 24.0 Å². The van der Waals surface area contributed by atoms with Gasteiger partial charge in [0, 0.05) is 22.3 Å². The van der Waals surface area contributed by atoms with E-state index in [2.05, 4.69) is 71.1 Å². The minimum Gasteiger partial charge on any atom is -0.463 e. The third-order valence-corrected chi connectivity index (χ3v) is 5.71. The molecule has 0 aliphatic carbocycles. The molecular formula is C20H20BrNO2. The number of halogens is 1. The van der Waals surface area contributed by atoms with Crippen LogP contribution in [0.2, 0.25) is 0 Å². The first-order valence-electron chi connectivity index (χ1n) is 8.15. The van der Waals surface area contributed by atoms with Crippen molar-refractivity contribution in [2.24, 2.45) is 0 Å². The molecule has 124 valence electrons. The highest BCUT2D eigenvalue weighted by molar-refractivity contribution is 9.10. The molecule has 2 aliphatic rings. The zero-order chi connectivity index (χ0) is 16.9. The van der Waals surface area contributed by atoms with E-state index in [1.807, 2.05) is 18.2 Å². The van der Waals surface area contributed by atoms with Crippen LogP contribution in [-0.2, 0) is 5.41 Å². The van der Waals surface area contributed by atoms with Crippen LogP contribution in [0.3, 0.4) is 0 Å². The van der Waals surface area contributed by atoms with Gasteiger partial charge in [-0.3, -0.25) is 0 Å². The molecule has 0 fully saturated rings. The average molecular weight is 386 g/mol. The molecule has 0 bridgehead atoms. The van der Waals surface area contributed by atoms with E-state index < -0.39 is 5.72 Å². The molecule has 2 heterocycles. The fourth-order valence-corrected chi connectivity index (χ4v) is 4.34. The maximum atomic E-state index is 9.64. The van der Waals surface area contributed by atoms with Gasteiger partial charge in [0.25, 0.3) is 0 Å². The van der Waals surface area contributed by atoms with E-state index >= 15 is 0 Å². The number of rotatable bonds is 2. The van der Waals surface area contributed by atoms with Gasteiger partial charge in [-0.1, -0.05) is 34.1 Å². The summed E-state index contributed by atoms with van der Waals surface area (Å²) in [5.41, 5.74) is 2.54. The summed E-state index contributed by atoms with van der Waals surface area (Å²) in [7, 11) is 0. The van der Waals surface area contributed by atoms with Gasteiger partial charge in [-0.15, -0.1) is 0 Å². The Balaban J connectivity index is 1.90. The molecule has 4 rings (SSSR count). The molecule has 24 heavy (non-hydrogen) atoms. The number of hydrogen-bond acceptors (Lipinski definition) is 3. The fraction of sp³-hybridized carbons (Fsp3) is 0.300. The Labute approximate surface area is 150 Å². The van der Waals surface area contributed by atoms with E-state index in [0.717, 1.165) is 21.5 Å². The molecule has 1 spiro atoms. The van der Waals surface area contributed by atoms with Crippen molar-refractivity contribution >= 4 is 27.7 Å². The van der Waals surface area contributed by atoms with Gasteiger partial charge in [-0.05, 0) is 55.8 Å². The van der Waals surface area contributed by atoms with Gasteiger partial charge >= 0.3 is 0 Å². The van der Waals surface area contributed by atoms with Gasteiger partial charge in [-0.2, -0.15) is 0 Å². The molecule has 2 aromatic rings. The van der Waals surface area contributed by atoms with Crippen molar-refractivity contribution in [1.29, 1.82) is 0 Å². The van der Waals surface area contributed by atoms with Crippen LogP contribution in [0.15, 0.2) is 53.0 Å². The summed E-state index contributed by atoms with van der Waals surface area (Å²) in [5.74, 6) is 0.865. The zero-order valence-corrected chi connectivity index (χ0v) is 15.4. The van der Waals surface area contributed by atoms with Crippen LogP contribution in [0.5, 0.6) is 5.75 Å². The first-order chi connectivity index (χ1) is 11.5. The minimum atomic E-state index is -0.639. The molecule has 0 saturated heterocycles. The Hall–Kier alpha value is -1.78. The Bertz CT molecular complexity index is 830. The normalized spacial score (nSPS) is 23.1. The third-order valence-electron chi connectivity index (χ3n) is 5.21. The summed E-state index contributed by atoms with van der Waals surface area (Å²) in [6.07, 6.45) is 4.26. The largest absolute Gasteiger partial charge is 0.463 e. The van der Waals surface area contributed by atoms with Crippen LogP contribution >= 0.6 is 15.9 Å². The molecule has 3 nitrogen and oxygen atoms in total. The van der Waals surface area contributed by atoms with Crippen LogP contribution in [0.1, 0.15) is 25.0 Å². The lowest BCUT2D eigenvalue weighted by Crippen LogP contribution is -2.60. The van der Waals surface area contributed by atoms with Gasteiger partial charge < -0.3 is 14.7 Å². The molecule has 0 unspecified atom stereocenters. The number of nitrogens with zero attached hydrogens (tertiary/aromatic N) is 1. The predicted octanol–water partition coefficient (Wildman–Crippen LogP) is 4.34. The van der Waals surface area contributed by atoms with Crippen molar-refractivity contribution in [3.63, 3.8) is 0 Å². The van der Waals surface area contributed by atoms with Crippen LogP contribution < -0.4 is 9.64 Å². The summed E-state index contributed by atoms with van der Waals surface area (Å²) in [6.45, 7) is 5.02. The second kappa shape index (κ2) is 5.36. The molecule has 0 amide bonds. The Morgan fingerprint density at radius 3 is 2.75 bits per heavy atom. The number of aliphatic hydroxyl groups excluding tert-OH is 1. The second-order valence-electron chi connectivity index (χ2n) is 6.83. The molecular weight excluding hydrogens is 366 g/mol. The standard InChI is InChI=1S/C20H20BrNO2/c1-19(2)16-5-3-4-6-17(16)22(11-12-23)20(19)10-9-14-13-15(21)7-8-18(14)24-20/h3-10,13,23H,11-12H2,1-2H3/t20-/m1/s1. The summed E-state index contributed by atoms with van der Waals surface area (Å²) in [5, 5.41) is 9.64. The highest BCUT2D eigenvalue weighted by Crippen LogP contribution is 2.54. The molecule has 1 N–H and O–H groups in total. The average Bonchev–Trinajstić information content (AvgIpc) is 2.75. The smallest absolute Gasteiger partial charge is 0.212 e. The number of para-hydroxylation sites is 1.